The Kier molecular flexibility index (Phi) is 2.18. The average Bonchev–Trinajstić information content (AvgIpc) is 2.53. The highest BCUT2D eigenvalue weighted by molar-refractivity contribution is 9.10. The Bertz CT molecular complexity index is 567. The van der Waals surface area contributed by atoms with Crippen LogP contribution in [0.25, 0.3) is 10.9 Å². The Morgan fingerprint density at radius 2 is 2.33 bits per heavy atom. The van der Waals surface area contributed by atoms with Gasteiger partial charge in [0.05, 0.1) is 10.3 Å². The first-order chi connectivity index (χ1) is 7.02. The Balaban J connectivity index is 2.90. The predicted octanol–water partition coefficient (Wildman–Crippen LogP) is 2.68. The summed E-state index contributed by atoms with van der Waals surface area (Å²) in [4.78, 5) is 10.2. The van der Waals surface area contributed by atoms with Gasteiger partial charge in [-0.15, -0.1) is 0 Å². The van der Waals surface area contributed by atoms with E-state index in [1.165, 1.54) is 6.07 Å². The lowest BCUT2D eigenvalue weighted by atomic mass is 10.1. The van der Waals surface area contributed by atoms with Gasteiger partial charge >= 0.3 is 0 Å². The molecule has 0 saturated carbocycles. The second-order valence-electron chi connectivity index (χ2n) is 3.02. The van der Waals surface area contributed by atoms with Crippen LogP contribution < -0.4 is 0 Å². The van der Waals surface area contributed by atoms with Crippen molar-refractivity contribution in [1.29, 1.82) is 0 Å². The molecule has 1 heterocycles. The summed E-state index contributed by atoms with van der Waals surface area (Å²) >= 11 is 3.13. The number of hydrogen-bond acceptors (Lipinski definition) is 3. The molecule has 0 unspecified atom stereocenters. The van der Waals surface area contributed by atoms with Crippen LogP contribution in [0.5, 0.6) is 0 Å². The van der Waals surface area contributed by atoms with Gasteiger partial charge in [0, 0.05) is 16.1 Å². The maximum atomic E-state index is 13.2. The third-order valence-corrected chi connectivity index (χ3v) is 3.14. The molecule has 1 N–H and O–H groups in total. The van der Waals surface area contributed by atoms with Gasteiger partial charge in [0.2, 0.25) is 5.95 Å². The molecular weight excluding hydrogens is 269 g/mol. The van der Waals surface area contributed by atoms with Crippen molar-refractivity contribution >= 4 is 32.5 Å². The third-order valence-electron chi connectivity index (χ3n) is 2.15. The molecule has 0 aliphatic carbocycles. The number of aromatic amines is 1. The largest absolute Gasteiger partial charge is 0.275 e. The highest BCUT2D eigenvalue weighted by Crippen LogP contribution is 2.34. The van der Waals surface area contributed by atoms with E-state index in [2.05, 4.69) is 26.1 Å². The van der Waals surface area contributed by atoms with E-state index in [-0.39, 0.29) is 16.6 Å². The van der Waals surface area contributed by atoms with Crippen LogP contribution in [0.2, 0.25) is 0 Å². The van der Waals surface area contributed by atoms with Crippen molar-refractivity contribution < 1.29 is 9.31 Å². The van der Waals surface area contributed by atoms with E-state index < -0.39 is 10.9 Å². The molecule has 0 aliphatic heterocycles. The average molecular weight is 274 g/mol. The highest BCUT2D eigenvalue weighted by atomic mass is 79.9. The maximum Gasteiger partial charge on any atom is 0.275 e. The zero-order valence-electron chi connectivity index (χ0n) is 7.54. The Morgan fingerprint density at radius 3 is 2.93 bits per heavy atom. The van der Waals surface area contributed by atoms with E-state index in [0.717, 1.165) is 0 Å². The maximum absolute atomic E-state index is 13.2. The third kappa shape index (κ3) is 1.39. The second-order valence-corrected chi connectivity index (χ2v) is 3.82. The molecule has 0 atom stereocenters. The van der Waals surface area contributed by atoms with E-state index in [1.54, 1.807) is 6.92 Å². The molecule has 0 spiro atoms. The number of H-pyrrole nitrogens is 1. The number of hydrogen-bond donors (Lipinski definition) is 1. The number of halogens is 2. The number of rotatable bonds is 1. The fourth-order valence-corrected chi connectivity index (χ4v) is 1.95. The molecule has 2 aromatic rings. The van der Waals surface area contributed by atoms with Crippen LogP contribution in [0.4, 0.5) is 10.1 Å². The number of benzene rings is 1. The van der Waals surface area contributed by atoms with Crippen LogP contribution in [-0.2, 0) is 0 Å². The standard InChI is InChI=1S/C8H5BrFN3O2/c1-3-5(13(14)15)2-4-6(7(3)9)8(10)12-11-4/h2H,1H3,(H,11,12). The molecule has 7 heteroatoms. The van der Waals surface area contributed by atoms with E-state index in [4.69, 9.17) is 0 Å². The van der Waals surface area contributed by atoms with Crippen LogP contribution in [-0.4, -0.2) is 15.1 Å². The summed E-state index contributed by atoms with van der Waals surface area (Å²) in [7, 11) is 0. The van der Waals surface area contributed by atoms with Crippen LogP contribution >= 0.6 is 15.9 Å². The smallest absolute Gasteiger partial charge is 0.258 e. The number of aromatic nitrogens is 2. The lowest BCUT2D eigenvalue weighted by Crippen LogP contribution is -1.93. The molecule has 0 saturated heterocycles. The topological polar surface area (TPSA) is 71.8 Å². The van der Waals surface area contributed by atoms with Gasteiger partial charge in [-0.25, -0.2) is 0 Å². The Labute approximate surface area is 91.6 Å². The molecule has 0 radical (unpaired) electrons. The molecule has 1 aromatic carbocycles. The molecule has 78 valence electrons. The Hall–Kier alpha value is -1.50. The van der Waals surface area contributed by atoms with E-state index >= 15 is 0 Å². The fourth-order valence-electron chi connectivity index (χ4n) is 1.37. The summed E-state index contributed by atoms with van der Waals surface area (Å²) in [5.74, 6) is -0.602. The molecular formula is C8H5BrFN3O2. The van der Waals surface area contributed by atoms with Gasteiger partial charge < -0.3 is 0 Å². The molecule has 0 aliphatic rings. The van der Waals surface area contributed by atoms with Crippen molar-refractivity contribution in [2.24, 2.45) is 0 Å². The van der Waals surface area contributed by atoms with Crippen molar-refractivity contribution in [3.63, 3.8) is 0 Å². The van der Waals surface area contributed by atoms with Crippen LogP contribution in [0, 0.1) is 23.0 Å². The summed E-state index contributed by atoms with van der Waals surface area (Å²) in [5.41, 5.74) is 0.533. The van der Waals surface area contributed by atoms with E-state index in [9.17, 15) is 14.5 Å². The molecule has 2 rings (SSSR count). The number of nitrogens with zero attached hydrogens (tertiary/aromatic N) is 2. The molecule has 1 aromatic heterocycles. The molecule has 0 amide bonds. The van der Waals surface area contributed by atoms with Gasteiger partial charge in [-0.2, -0.15) is 9.49 Å². The van der Waals surface area contributed by atoms with Crippen molar-refractivity contribution in [3.05, 3.63) is 32.2 Å². The van der Waals surface area contributed by atoms with Gasteiger partial charge in [-0.3, -0.25) is 15.2 Å². The SMILES string of the molecule is Cc1c([N+](=O)[O-])cc2n[nH]c(F)c2c1Br. The van der Waals surface area contributed by atoms with Crippen LogP contribution in [0.1, 0.15) is 5.56 Å². The van der Waals surface area contributed by atoms with Gasteiger partial charge in [0.1, 0.15) is 5.52 Å². The fraction of sp³-hybridized carbons (Fsp3) is 0.125. The summed E-state index contributed by atoms with van der Waals surface area (Å²) in [6.07, 6.45) is 0. The van der Waals surface area contributed by atoms with Gasteiger partial charge in [0.25, 0.3) is 5.69 Å². The zero-order valence-corrected chi connectivity index (χ0v) is 9.13. The number of nitrogens with one attached hydrogen (secondary N) is 1. The number of nitro groups is 1. The monoisotopic (exact) mass is 273 g/mol. The molecule has 5 nitrogen and oxygen atoms in total. The first-order valence-corrected chi connectivity index (χ1v) is 4.78. The first-order valence-electron chi connectivity index (χ1n) is 3.99. The highest BCUT2D eigenvalue weighted by Gasteiger charge is 2.20. The van der Waals surface area contributed by atoms with Gasteiger partial charge in [-0.05, 0) is 22.9 Å². The molecule has 15 heavy (non-hydrogen) atoms. The minimum absolute atomic E-state index is 0.0825. The van der Waals surface area contributed by atoms with Crippen molar-refractivity contribution in [3.8, 4) is 0 Å². The quantitative estimate of drug-likeness (QED) is 0.641. The molecule has 0 fully saturated rings. The summed E-state index contributed by atoms with van der Waals surface area (Å²) < 4.78 is 13.6. The second kappa shape index (κ2) is 3.27. The minimum atomic E-state index is -0.602. The lowest BCUT2D eigenvalue weighted by molar-refractivity contribution is -0.385. The minimum Gasteiger partial charge on any atom is -0.258 e. The van der Waals surface area contributed by atoms with E-state index in [0.29, 0.717) is 10.0 Å². The van der Waals surface area contributed by atoms with Crippen LogP contribution in [0.15, 0.2) is 10.5 Å². The first kappa shape index (κ1) is 10.0. The predicted molar refractivity (Wildman–Crippen MR) is 55.1 cm³/mol. The van der Waals surface area contributed by atoms with Gasteiger partial charge in [0.15, 0.2) is 0 Å². The number of fused-ring (bicyclic) bond motifs is 1. The van der Waals surface area contributed by atoms with Gasteiger partial charge in [-0.1, -0.05) is 0 Å². The van der Waals surface area contributed by atoms with Crippen molar-refractivity contribution in [2.45, 2.75) is 6.92 Å². The van der Waals surface area contributed by atoms with Crippen molar-refractivity contribution in [2.75, 3.05) is 0 Å². The normalized spacial score (nSPS) is 10.9. The molecule has 0 bridgehead atoms. The van der Waals surface area contributed by atoms with E-state index in [1.807, 2.05) is 0 Å². The summed E-state index contributed by atoms with van der Waals surface area (Å²) in [5, 5.41) is 16.7. The van der Waals surface area contributed by atoms with Crippen LogP contribution in [0.3, 0.4) is 0 Å². The van der Waals surface area contributed by atoms with Crippen molar-refractivity contribution in [1.82, 2.24) is 10.2 Å². The Morgan fingerprint density at radius 1 is 1.67 bits per heavy atom. The number of nitro benzene ring substituents is 1. The zero-order chi connectivity index (χ0) is 11.2. The lowest BCUT2D eigenvalue weighted by Gasteiger charge is -2.00. The summed E-state index contributed by atoms with van der Waals surface area (Å²) in [6.45, 7) is 1.55. The summed E-state index contributed by atoms with van der Waals surface area (Å²) in [6, 6.07) is 1.25.